The summed E-state index contributed by atoms with van der Waals surface area (Å²) in [5.41, 5.74) is 8.27. The summed E-state index contributed by atoms with van der Waals surface area (Å²) in [6.07, 6.45) is 0. The van der Waals surface area contributed by atoms with Crippen LogP contribution >= 0.6 is 11.6 Å². The summed E-state index contributed by atoms with van der Waals surface area (Å²) in [5, 5.41) is 0.675. The van der Waals surface area contributed by atoms with E-state index in [2.05, 4.69) is 0 Å². The second kappa shape index (κ2) is 6.66. The van der Waals surface area contributed by atoms with Gasteiger partial charge in [0.2, 0.25) is 0 Å². The van der Waals surface area contributed by atoms with Crippen molar-refractivity contribution in [1.29, 1.82) is 0 Å². The van der Waals surface area contributed by atoms with Gasteiger partial charge in [-0.05, 0) is 41.0 Å². The van der Waals surface area contributed by atoms with Crippen molar-refractivity contribution in [1.82, 2.24) is 0 Å². The van der Waals surface area contributed by atoms with E-state index in [1.54, 1.807) is 6.07 Å². The van der Waals surface area contributed by atoms with Gasteiger partial charge < -0.3 is 10.5 Å². The van der Waals surface area contributed by atoms with E-state index in [4.69, 9.17) is 22.1 Å². The van der Waals surface area contributed by atoms with E-state index >= 15 is 0 Å². The van der Waals surface area contributed by atoms with Crippen LogP contribution in [0.2, 0.25) is 5.02 Å². The average Bonchev–Trinajstić information content (AvgIpc) is 2.39. The number of benzene rings is 2. The Balaban J connectivity index is 1.97. The number of rotatable bonds is 5. The number of ether oxygens (including phenoxy) is 1. The van der Waals surface area contributed by atoms with Crippen LogP contribution in [0.15, 0.2) is 42.5 Å². The molecule has 0 aromatic heterocycles. The summed E-state index contributed by atoms with van der Waals surface area (Å²) in [7, 11) is 0. The van der Waals surface area contributed by atoms with Gasteiger partial charge in [0.15, 0.2) is 0 Å². The lowest BCUT2D eigenvalue weighted by Gasteiger charge is -2.09. The first-order valence-corrected chi connectivity index (χ1v) is 6.36. The van der Waals surface area contributed by atoms with Crippen LogP contribution in [0.1, 0.15) is 16.7 Å². The topological polar surface area (TPSA) is 35.2 Å². The molecule has 2 aromatic carbocycles. The lowest BCUT2D eigenvalue weighted by Crippen LogP contribution is -2.04. The lowest BCUT2D eigenvalue weighted by molar-refractivity contribution is 0.106. The van der Waals surface area contributed by atoms with Gasteiger partial charge in [0, 0.05) is 11.6 Å². The molecule has 19 heavy (non-hydrogen) atoms. The van der Waals surface area contributed by atoms with Crippen LogP contribution < -0.4 is 5.73 Å². The predicted octanol–water partition coefficient (Wildman–Crippen LogP) is 3.65. The van der Waals surface area contributed by atoms with Crippen molar-refractivity contribution in [2.75, 3.05) is 0 Å². The molecule has 0 spiro atoms. The fraction of sp³-hybridized carbons (Fsp3) is 0.200. The lowest BCUT2D eigenvalue weighted by atomic mass is 10.1. The fourth-order valence-electron chi connectivity index (χ4n) is 1.83. The third-order valence-corrected chi connectivity index (χ3v) is 3.04. The third-order valence-electron chi connectivity index (χ3n) is 2.80. The highest BCUT2D eigenvalue weighted by Gasteiger charge is 2.03. The second-order valence-corrected chi connectivity index (χ2v) is 4.68. The average molecular weight is 280 g/mol. The quantitative estimate of drug-likeness (QED) is 0.907. The van der Waals surface area contributed by atoms with Crippen molar-refractivity contribution in [2.24, 2.45) is 5.73 Å². The Bertz CT molecular complexity index is 560. The molecule has 0 aliphatic carbocycles. The summed E-state index contributed by atoms with van der Waals surface area (Å²) in [5.74, 6) is -0.279. The molecular weight excluding hydrogens is 265 g/mol. The van der Waals surface area contributed by atoms with E-state index in [1.807, 2.05) is 24.3 Å². The zero-order valence-electron chi connectivity index (χ0n) is 10.4. The molecule has 4 heteroatoms. The molecule has 2 aromatic rings. The molecule has 0 bridgehead atoms. The number of halogens is 2. The molecule has 0 unspecified atom stereocenters. The van der Waals surface area contributed by atoms with Crippen molar-refractivity contribution < 1.29 is 9.13 Å². The molecule has 0 amide bonds. The van der Waals surface area contributed by atoms with E-state index in [0.717, 1.165) is 16.7 Å². The highest BCUT2D eigenvalue weighted by atomic mass is 35.5. The normalized spacial score (nSPS) is 10.7. The van der Waals surface area contributed by atoms with Crippen LogP contribution in [0, 0.1) is 5.82 Å². The standard InChI is InChI=1S/C15H15ClFNO/c16-14-3-1-2-11(6-14)9-19-10-13-7-15(17)5-4-12(13)8-18/h1-7H,8-10,18H2. The molecule has 0 aliphatic rings. The summed E-state index contributed by atoms with van der Waals surface area (Å²) >= 11 is 5.89. The van der Waals surface area contributed by atoms with E-state index < -0.39 is 0 Å². The maximum absolute atomic E-state index is 13.2. The monoisotopic (exact) mass is 279 g/mol. The Labute approximate surface area is 117 Å². The summed E-state index contributed by atoms with van der Waals surface area (Å²) in [6.45, 7) is 1.13. The number of hydrogen-bond acceptors (Lipinski definition) is 2. The molecule has 0 saturated carbocycles. The highest BCUT2D eigenvalue weighted by Crippen LogP contribution is 2.15. The van der Waals surface area contributed by atoms with Crippen molar-refractivity contribution in [2.45, 2.75) is 19.8 Å². The van der Waals surface area contributed by atoms with Gasteiger partial charge in [-0.3, -0.25) is 0 Å². The van der Waals surface area contributed by atoms with E-state index in [9.17, 15) is 4.39 Å². The van der Waals surface area contributed by atoms with Gasteiger partial charge in [-0.25, -0.2) is 4.39 Å². The van der Waals surface area contributed by atoms with Crippen molar-refractivity contribution >= 4 is 11.6 Å². The first kappa shape index (κ1) is 14.0. The molecule has 0 saturated heterocycles. The van der Waals surface area contributed by atoms with E-state index in [0.29, 0.717) is 24.8 Å². The van der Waals surface area contributed by atoms with Crippen molar-refractivity contribution in [3.05, 3.63) is 70.0 Å². The van der Waals surface area contributed by atoms with Crippen molar-refractivity contribution in [3.8, 4) is 0 Å². The van der Waals surface area contributed by atoms with Crippen LogP contribution in [0.4, 0.5) is 4.39 Å². The van der Waals surface area contributed by atoms with Gasteiger partial charge in [0.05, 0.1) is 13.2 Å². The van der Waals surface area contributed by atoms with Gasteiger partial charge >= 0.3 is 0 Å². The highest BCUT2D eigenvalue weighted by molar-refractivity contribution is 6.30. The Morgan fingerprint density at radius 3 is 2.63 bits per heavy atom. The van der Waals surface area contributed by atoms with Gasteiger partial charge in [0.25, 0.3) is 0 Å². The van der Waals surface area contributed by atoms with Crippen LogP contribution in [-0.4, -0.2) is 0 Å². The molecule has 100 valence electrons. The number of hydrogen-bond donors (Lipinski definition) is 1. The minimum absolute atomic E-state index is 0.279. The molecule has 0 aliphatic heterocycles. The van der Waals surface area contributed by atoms with Crippen LogP contribution in [0.25, 0.3) is 0 Å². The Kier molecular flexibility index (Phi) is 4.91. The maximum atomic E-state index is 13.2. The van der Waals surface area contributed by atoms with Crippen molar-refractivity contribution in [3.63, 3.8) is 0 Å². The molecular formula is C15H15ClFNO. The van der Waals surface area contributed by atoms with Gasteiger partial charge in [-0.15, -0.1) is 0 Å². The first-order valence-electron chi connectivity index (χ1n) is 5.98. The first-order chi connectivity index (χ1) is 9.19. The Hall–Kier alpha value is -1.42. The SMILES string of the molecule is NCc1ccc(F)cc1COCc1cccc(Cl)c1. The minimum atomic E-state index is -0.279. The smallest absolute Gasteiger partial charge is 0.123 e. The van der Waals surface area contributed by atoms with Crippen LogP contribution in [-0.2, 0) is 24.5 Å². The summed E-state index contributed by atoms with van der Waals surface area (Å²) < 4.78 is 18.8. The van der Waals surface area contributed by atoms with E-state index in [-0.39, 0.29) is 5.82 Å². The Morgan fingerprint density at radius 2 is 1.89 bits per heavy atom. The molecule has 2 nitrogen and oxygen atoms in total. The van der Waals surface area contributed by atoms with Gasteiger partial charge in [-0.1, -0.05) is 29.8 Å². The molecule has 0 radical (unpaired) electrons. The third kappa shape index (κ3) is 4.03. The zero-order valence-corrected chi connectivity index (χ0v) is 11.2. The molecule has 2 rings (SSSR count). The van der Waals surface area contributed by atoms with E-state index in [1.165, 1.54) is 12.1 Å². The zero-order chi connectivity index (χ0) is 13.7. The van der Waals surface area contributed by atoms with Gasteiger partial charge in [-0.2, -0.15) is 0 Å². The maximum Gasteiger partial charge on any atom is 0.123 e. The van der Waals surface area contributed by atoms with Gasteiger partial charge in [0.1, 0.15) is 5.82 Å². The Morgan fingerprint density at radius 1 is 1.05 bits per heavy atom. The minimum Gasteiger partial charge on any atom is -0.372 e. The molecule has 2 N–H and O–H groups in total. The fourth-order valence-corrected chi connectivity index (χ4v) is 2.05. The summed E-state index contributed by atoms with van der Waals surface area (Å²) in [4.78, 5) is 0. The largest absolute Gasteiger partial charge is 0.372 e. The molecule has 0 heterocycles. The predicted molar refractivity (Wildman–Crippen MR) is 74.2 cm³/mol. The molecule has 0 fully saturated rings. The number of nitrogens with two attached hydrogens (primary N) is 1. The van der Waals surface area contributed by atoms with Crippen LogP contribution in [0.3, 0.4) is 0 Å². The van der Waals surface area contributed by atoms with Crippen LogP contribution in [0.5, 0.6) is 0 Å². The summed E-state index contributed by atoms with van der Waals surface area (Å²) in [6, 6.07) is 12.0. The second-order valence-electron chi connectivity index (χ2n) is 4.24. The molecule has 0 atom stereocenters.